The van der Waals surface area contributed by atoms with Crippen LogP contribution in [-0.2, 0) is 16.2 Å². The number of fused-ring (bicyclic) bond motifs is 14. The van der Waals surface area contributed by atoms with E-state index in [2.05, 4.69) is 257 Å². The fourth-order valence-electron chi connectivity index (χ4n) is 12.5. The first-order valence-electron chi connectivity index (χ1n) is 23.4. The van der Waals surface area contributed by atoms with E-state index in [0.29, 0.717) is 0 Å². The van der Waals surface area contributed by atoms with Crippen molar-refractivity contribution in [1.82, 2.24) is 0 Å². The van der Waals surface area contributed by atoms with Crippen LogP contribution in [0.2, 0.25) is 0 Å². The molecule has 0 fully saturated rings. The Kier molecular flexibility index (Phi) is 8.28. The third kappa shape index (κ3) is 5.35. The van der Waals surface area contributed by atoms with E-state index in [0.717, 1.165) is 22.6 Å². The summed E-state index contributed by atoms with van der Waals surface area (Å²) in [5.74, 6) is 0. The maximum absolute atomic E-state index is 2.53. The number of allylic oxidation sites excluding steroid dienone is 2. The average Bonchev–Trinajstić information content (AvgIpc) is 4.00. The Bertz CT molecular complexity index is 3420. The van der Waals surface area contributed by atoms with Crippen LogP contribution >= 0.6 is 0 Å². The molecular weight excluding hydrogens is 795 g/mol. The van der Waals surface area contributed by atoms with Crippen LogP contribution in [0.25, 0.3) is 56.7 Å². The number of para-hydroxylation sites is 2. The van der Waals surface area contributed by atoms with Crippen LogP contribution in [0.1, 0.15) is 83.3 Å². The second-order valence-electron chi connectivity index (χ2n) is 19.6. The van der Waals surface area contributed by atoms with Gasteiger partial charge in [-0.05, 0) is 155 Å². The van der Waals surface area contributed by atoms with Crippen molar-refractivity contribution >= 4 is 40.4 Å². The molecule has 0 saturated carbocycles. The number of anilines is 3. The maximum Gasteiger partial charge on any atom is 0.0725 e. The summed E-state index contributed by atoms with van der Waals surface area (Å²) in [6.45, 7) is 9.69. The van der Waals surface area contributed by atoms with Gasteiger partial charge >= 0.3 is 0 Å². The minimum Gasteiger partial charge on any atom is -0.311 e. The molecule has 1 nitrogen and oxygen atoms in total. The molecule has 314 valence electrons. The number of rotatable bonds is 6. The Morgan fingerprint density at radius 2 is 0.697 bits per heavy atom. The minimum atomic E-state index is -0.454. The molecule has 9 aromatic rings. The van der Waals surface area contributed by atoms with E-state index in [1.165, 1.54) is 94.6 Å². The van der Waals surface area contributed by atoms with Gasteiger partial charge in [0.1, 0.15) is 0 Å². The molecule has 0 aromatic heterocycles. The van der Waals surface area contributed by atoms with Crippen molar-refractivity contribution < 1.29 is 0 Å². The third-order valence-corrected chi connectivity index (χ3v) is 15.4. The molecule has 0 saturated heterocycles. The van der Waals surface area contributed by atoms with Crippen molar-refractivity contribution in [3.05, 3.63) is 268 Å². The molecule has 4 aliphatic carbocycles. The highest BCUT2D eigenvalue weighted by molar-refractivity contribution is 6.10. The van der Waals surface area contributed by atoms with Crippen LogP contribution in [0, 0.1) is 0 Å². The van der Waals surface area contributed by atoms with Crippen molar-refractivity contribution in [3.63, 3.8) is 0 Å². The summed E-state index contributed by atoms with van der Waals surface area (Å²) >= 11 is 0. The first-order valence-corrected chi connectivity index (χ1v) is 23.4. The Morgan fingerprint density at radius 1 is 0.303 bits per heavy atom. The molecule has 66 heavy (non-hydrogen) atoms. The van der Waals surface area contributed by atoms with Crippen LogP contribution in [0.3, 0.4) is 0 Å². The number of benzene rings is 9. The molecule has 0 aliphatic heterocycles. The van der Waals surface area contributed by atoms with E-state index in [1.807, 2.05) is 0 Å². The van der Waals surface area contributed by atoms with Gasteiger partial charge in [0.25, 0.3) is 0 Å². The molecule has 0 unspecified atom stereocenters. The highest BCUT2D eigenvalue weighted by atomic mass is 15.1. The normalized spacial score (nSPS) is 15.8. The van der Waals surface area contributed by atoms with Crippen molar-refractivity contribution in [3.8, 4) is 33.4 Å². The van der Waals surface area contributed by atoms with Gasteiger partial charge in [-0.25, -0.2) is 0 Å². The molecule has 0 heterocycles. The van der Waals surface area contributed by atoms with Gasteiger partial charge in [0.15, 0.2) is 0 Å². The van der Waals surface area contributed by atoms with E-state index < -0.39 is 5.41 Å². The summed E-state index contributed by atoms with van der Waals surface area (Å²) in [6.07, 6.45) is 4.54. The standard InChI is InChI=1S/C65H49N/c1-63(2)55-24-14-13-23-53(55)61-62(63)54-38-33-44(40-58(54)64(61,3)4)45-32-37-52-51-36-31-43(39-59(51)65(60(52)41-45)56-25-15-11-21-49(56)50-22-12-16-26-57(50)65)28-27-42-29-34-48(35-30-42)66(46-17-7-5-8-18-46)47-19-9-6-10-20-47/h5-41H,1-4H3/b28-27+. The highest BCUT2D eigenvalue weighted by Crippen LogP contribution is 2.65. The SMILES string of the molecule is CC1(C)C2=C(c3ccccc31)C(C)(C)c1cc(-c3ccc4c(c3)C3(c5ccccc5-c5ccccc53)c3cc(/C=C/c5ccc(N(c6ccccc6)c6ccccc6)cc5)ccc3-4)ccc12. The van der Waals surface area contributed by atoms with Gasteiger partial charge in [-0.2, -0.15) is 0 Å². The summed E-state index contributed by atoms with van der Waals surface area (Å²) in [6, 6.07) is 79.2. The van der Waals surface area contributed by atoms with Crippen molar-refractivity contribution in [2.75, 3.05) is 4.90 Å². The first-order chi connectivity index (χ1) is 32.2. The predicted octanol–water partition coefficient (Wildman–Crippen LogP) is 16.8. The monoisotopic (exact) mass is 843 g/mol. The van der Waals surface area contributed by atoms with Crippen molar-refractivity contribution in [1.29, 1.82) is 0 Å². The lowest BCUT2D eigenvalue weighted by molar-refractivity contribution is 0.694. The molecule has 1 spiro atoms. The van der Waals surface area contributed by atoms with Crippen LogP contribution in [0.5, 0.6) is 0 Å². The fourth-order valence-corrected chi connectivity index (χ4v) is 12.5. The number of nitrogens with zero attached hydrogens (tertiary/aromatic N) is 1. The van der Waals surface area contributed by atoms with Gasteiger partial charge < -0.3 is 4.90 Å². The van der Waals surface area contributed by atoms with Gasteiger partial charge in [0, 0.05) is 27.9 Å². The van der Waals surface area contributed by atoms with E-state index >= 15 is 0 Å². The Labute approximate surface area is 388 Å². The second kappa shape index (κ2) is 14.1. The Hall–Kier alpha value is -7.74. The molecule has 1 heteroatoms. The molecule has 13 rings (SSSR count). The van der Waals surface area contributed by atoms with Gasteiger partial charge in [-0.15, -0.1) is 0 Å². The predicted molar refractivity (Wildman–Crippen MR) is 278 cm³/mol. The van der Waals surface area contributed by atoms with Crippen molar-refractivity contribution in [2.24, 2.45) is 0 Å². The summed E-state index contributed by atoms with van der Waals surface area (Å²) in [5, 5.41) is 0. The fraction of sp³-hybridized carbons (Fsp3) is 0.108. The quantitative estimate of drug-likeness (QED) is 0.151. The second-order valence-corrected chi connectivity index (χ2v) is 19.6. The highest BCUT2D eigenvalue weighted by Gasteiger charge is 2.52. The van der Waals surface area contributed by atoms with Gasteiger partial charge in [-0.3, -0.25) is 0 Å². The molecule has 0 amide bonds. The lowest BCUT2D eigenvalue weighted by Gasteiger charge is -2.31. The Balaban J connectivity index is 0.905. The molecule has 9 aromatic carbocycles. The smallest absolute Gasteiger partial charge is 0.0725 e. The summed E-state index contributed by atoms with van der Waals surface area (Å²) in [5.41, 5.74) is 27.0. The van der Waals surface area contributed by atoms with E-state index in [9.17, 15) is 0 Å². The molecule has 0 bridgehead atoms. The summed E-state index contributed by atoms with van der Waals surface area (Å²) < 4.78 is 0. The molecule has 0 N–H and O–H groups in total. The van der Waals surface area contributed by atoms with Gasteiger partial charge in [0.05, 0.1) is 5.41 Å². The lowest BCUT2D eigenvalue weighted by atomic mass is 9.70. The molecule has 0 radical (unpaired) electrons. The van der Waals surface area contributed by atoms with Crippen LogP contribution in [0.4, 0.5) is 17.1 Å². The number of hydrogen-bond donors (Lipinski definition) is 0. The number of hydrogen-bond acceptors (Lipinski definition) is 1. The molecular formula is C65H49N. The van der Waals surface area contributed by atoms with Crippen molar-refractivity contribution in [2.45, 2.75) is 43.9 Å². The van der Waals surface area contributed by atoms with Crippen LogP contribution in [0.15, 0.2) is 212 Å². The zero-order valence-electron chi connectivity index (χ0n) is 37.8. The minimum absolute atomic E-state index is 0.0450. The van der Waals surface area contributed by atoms with Crippen LogP contribution < -0.4 is 4.90 Å². The topological polar surface area (TPSA) is 3.24 Å². The largest absolute Gasteiger partial charge is 0.311 e. The van der Waals surface area contributed by atoms with E-state index in [4.69, 9.17) is 0 Å². The average molecular weight is 844 g/mol. The van der Waals surface area contributed by atoms with Gasteiger partial charge in [0.2, 0.25) is 0 Å². The first kappa shape index (κ1) is 38.7. The van der Waals surface area contributed by atoms with E-state index in [-0.39, 0.29) is 10.8 Å². The summed E-state index contributed by atoms with van der Waals surface area (Å²) in [7, 11) is 0. The van der Waals surface area contributed by atoms with E-state index in [1.54, 1.807) is 0 Å². The molecule has 4 aliphatic rings. The summed E-state index contributed by atoms with van der Waals surface area (Å²) in [4.78, 5) is 2.31. The zero-order valence-corrected chi connectivity index (χ0v) is 37.8. The Morgan fingerprint density at radius 3 is 1.30 bits per heavy atom. The zero-order chi connectivity index (χ0) is 44.4. The van der Waals surface area contributed by atoms with Gasteiger partial charge in [-0.1, -0.05) is 198 Å². The molecule has 0 atom stereocenters. The van der Waals surface area contributed by atoms with Crippen LogP contribution in [-0.4, -0.2) is 0 Å². The lowest BCUT2D eigenvalue weighted by Crippen LogP contribution is -2.26. The maximum atomic E-state index is 2.53. The third-order valence-electron chi connectivity index (χ3n) is 15.4.